The molecule has 0 aromatic heterocycles. The van der Waals surface area contributed by atoms with Crippen molar-refractivity contribution in [2.45, 2.75) is 44.4 Å². The van der Waals surface area contributed by atoms with Gasteiger partial charge in [-0.25, -0.2) is 4.79 Å². The highest BCUT2D eigenvalue weighted by Crippen LogP contribution is 2.43. The third-order valence-electron chi connectivity index (χ3n) is 4.98. The molecular formula is C17H19Cl2NO4. The molecule has 5 nitrogen and oxygen atoms in total. The predicted molar refractivity (Wildman–Crippen MR) is 90.4 cm³/mol. The normalized spacial score (nSPS) is 29.9. The Morgan fingerprint density at radius 3 is 2.54 bits per heavy atom. The largest absolute Gasteiger partial charge is 0.480 e. The van der Waals surface area contributed by atoms with E-state index in [0.717, 1.165) is 12.8 Å². The van der Waals surface area contributed by atoms with E-state index < -0.39 is 23.6 Å². The van der Waals surface area contributed by atoms with Gasteiger partial charge in [0.05, 0.1) is 17.2 Å². The zero-order chi connectivity index (χ0) is 17.5. The van der Waals surface area contributed by atoms with E-state index in [2.05, 4.69) is 6.92 Å². The van der Waals surface area contributed by atoms with Crippen molar-refractivity contribution < 1.29 is 19.4 Å². The second-order valence-corrected chi connectivity index (χ2v) is 7.44. The number of carbonyl (C=O) groups is 2. The Bertz CT molecular complexity index is 671. The fraction of sp³-hybridized carbons (Fsp3) is 0.529. The van der Waals surface area contributed by atoms with Crippen LogP contribution in [0.5, 0.6) is 0 Å². The number of hydrogen-bond donors (Lipinski definition) is 1. The molecule has 0 radical (unpaired) electrons. The monoisotopic (exact) mass is 371 g/mol. The van der Waals surface area contributed by atoms with Crippen LogP contribution in [-0.4, -0.2) is 40.3 Å². The minimum atomic E-state index is -1.07. The smallest absolute Gasteiger partial charge is 0.328 e. The van der Waals surface area contributed by atoms with Crippen LogP contribution in [0, 0.1) is 5.92 Å². The van der Waals surface area contributed by atoms with E-state index in [1.807, 2.05) is 0 Å². The molecule has 1 aliphatic carbocycles. The molecule has 0 unspecified atom stereocenters. The Morgan fingerprint density at radius 1 is 1.29 bits per heavy atom. The molecule has 130 valence electrons. The number of carboxylic acids is 1. The van der Waals surface area contributed by atoms with Crippen LogP contribution in [0.2, 0.25) is 10.0 Å². The molecule has 1 aliphatic heterocycles. The van der Waals surface area contributed by atoms with Gasteiger partial charge in [-0.2, -0.15) is 0 Å². The van der Waals surface area contributed by atoms with E-state index in [4.69, 9.17) is 27.9 Å². The highest BCUT2D eigenvalue weighted by atomic mass is 35.5. The topological polar surface area (TPSA) is 66.8 Å². The van der Waals surface area contributed by atoms with Crippen LogP contribution in [0.4, 0.5) is 0 Å². The molecule has 2 fully saturated rings. The van der Waals surface area contributed by atoms with Gasteiger partial charge in [-0.3, -0.25) is 9.69 Å². The summed E-state index contributed by atoms with van der Waals surface area (Å²) in [4.78, 5) is 26.1. The van der Waals surface area contributed by atoms with Gasteiger partial charge in [-0.15, -0.1) is 0 Å². The number of ether oxygens (including phenoxy) is 1. The summed E-state index contributed by atoms with van der Waals surface area (Å²) in [5.41, 5.74) is -0.605. The average molecular weight is 372 g/mol. The molecule has 1 amide bonds. The predicted octanol–water partition coefficient (Wildman–Crippen LogP) is 3.83. The van der Waals surface area contributed by atoms with E-state index in [1.54, 1.807) is 6.07 Å². The Labute approximate surface area is 150 Å². The van der Waals surface area contributed by atoms with Gasteiger partial charge < -0.3 is 9.84 Å². The van der Waals surface area contributed by atoms with Crippen molar-refractivity contribution >= 4 is 35.1 Å². The third kappa shape index (κ3) is 3.01. The number of carbonyl (C=O) groups excluding carboxylic acids is 1. The number of halogens is 2. The van der Waals surface area contributed by atoms with Crippen molar-refractivity contribution in [3.05, 3.63) is 33.8 Å². The highest BCUT2D eigenvalue weighted by Gasteiger charge is 2.54. The fourth-order valence-electron chi connectivity index (χ4n) is 3.56. The zero-order valence-corrected chi connectivity index (χ0v) is 14.8. The quantitative estimate of drug-likeness (QED) is 0.857. The summed E-state index contributed by atoms with van der Waals surface area (Å²) in [6.45, 7) is 2.15. The fourth-order valence-corrected chi connectivity index (χ4v) is 4.05. The van der Waals surface area contributed by atoms with Crippen molar-refractivity contribution in [2.24, 2.45) is 5.92 Å². The summed E-state index contributed by atoms with van der Waals surface area (Å²) in [5.74, 6) is -0.945. The molecule has 1 spiro atoms. The van der Waals surface area contributed by atoms with Gasteiger partial charge in [0.2, 0.25) is 0 Å². The first-order chi connectivity index (χ1) is 11.3. The second kappa shape index (κ2) is 6.54. The van der Waals surface area contributed by atoms with Crippen molar-refractivity contribution in [1.82, 2.24) is 4.90 Å². The lowest BCUT2D eigenvalue weighted by Gasteiger charge is -2.42. The SMILES string of the molecule is CC1CCC2(CC1)OC[C@H](C(=O)O)N2C(=O)c1ccc(Cl)cc1Cl. The maximum atomic E-state index is 13.1. The van der Waals surface area contributed by atoms with Crippen LogP contribution < -0.4 is 0 Å². The number of carboxylic acid groups (broad SMARTS) is 1. The van der Waals surface area contributed by atoms with Gasteiger partial charge in [0.15, 0.2) is 6.04 Å². The van der Waals surface area contributed by atoms with E-state index in [9.17, 15) is 14.7 Å². The van der Waals surface area contributed by atoms with Crippen molar-refractivity contribution in [2.75, 3.05) is 6.61 Å². The van der Waals surface area contributed by atoms with Gasteiger partial charge in [0, 0.05) is 5.02 Å². The lowest BCUT2D eigenvalue weighted by atomic mass is 9.83. The van der Waals surface area contributed by atoms with Crippen LogP contribution in [0.25, 0.3) is 0 Å². The number of nitrogens with zero attached hydrogens (tertiary/aromatic N) is 1. The summed E-state index contributed by atoms with van der Waals surface area (Å²) in [5, 5.41) is 10.2. The zero-order valence-electron chi connectivity index (χ0n) is 13.3. The summed E-state index contributed by atoms with van der Waals surface area (Å²) in [7, 11) is 0. The summed E-state index contributed by atoms with van der Waals surface area (Å²) in [6, 6.07) is 3.59. The Hall–Kier alpha value is -1.30. The average Bonchev–Trinajstić information content (AvgIpc) is 2.89. The van der Waals surface area contributed by atoms with E-state index >= 15 is 0 Å². The molecule has 7 heteroatoms. The van der Waals surface area contributed by atoms with E-state index in [0.29, 0.717) is 23.8 Å². The van der Waals surface area contributed by atoms with Crippen LogP contribution in [-0.2, 0) is 9.53 Å². The standard InChI is InChI=1S/C17H19Cl2NO4/c1-10-4-6-17(7-5-10)20(14(9-24-17)16(22)23)15(21)12-3-2-11(18)8-13(12)19/h2-3,8,10,14H,4-7,9H2,1H3,(H,22,23)/t10?,14-,17?/m1/s1. The molecule has 2 aliphatic rings. The number of rotatable bonds is 2. The van der Waals surface area contributed by atoms with Gasteiger partial charge >= 0.3 is 5.97 Å². The molecule has 24 heavy (non-hydrogen) atoms. The molecule has 1 N–H and O–H groups in total. The first kappa shape index (κ1) is 17.5. The lowest BCUT2D eigenvalue weighted by Crippen LogP contribution is -2.55. The number of benzene rings is 1. The molecule has 1 atom stereocenters. The van der Waals surface area contributed by atoms with Crippen molar-refractivity contribution in [1.29, 1.82) is 0 Å². The Balaban J connectivity index is 1.98. The first-order valence-electron chi connectivity index (χ1n) is 7.99. The van der Waals surface area contributed by atoms with E-state index in [-0.39, 0.29) is 17.2 Å². The van der Waals surface area contributed by atoms with Crippen molar-refractivity contribution in [3.8, 4) is 0 Å². The second-order valence-electron chi connectivity index (χ2n) is 6.59. The summed E-state index contributed by atoms with van der Waals surface area (Å²) in [6.07, 6.45) is 3.05. The molecule has 1 saturated carbocycles. The number of aliphatic carboxylic acids is 1. The molecule has 0 bridgehead atoms. The summed E-state index contributed by atoms with van der Waals surface area (Å²) < 4.78 is 5.88. The lowest BCUT2D eigenvalue weighted by molar-refractivity contribution is -0.143. The minimum absolute atomic E-state index is 0.000658. The molecule has 1 aromatic rings. The highest BCUT2D eigenvalue weighted by molar-refractivity contribution is 6.36. The number of hydrogen-bond acceptors (Lipinski definition) is 3. The maximum absolute atomic E-state index is 13.1. The van der Waals surface area contributed by atoms with Crippen LogP contribution in [0.15, 0.2) is 18.2 Å². The van der Waals surface area contributed by atoms with Gasteiger partial charge in [-0.1, -0.05) is 30.1 Å². The van der Waals surface area contributed by atoms with Crippen LogP contribution >= 0.6 is 23.2 Å². The van der Waals surface area contributed by atoms with Gasteiger partial charge in [-0.05, 0) is 49.8 Å². The van der Waals surface area contributed by atoms with E-state index in [1.165, 1.54) is 17.0 Å². The minimum Gasteiger partial charge on any atom is -0.480 e. The molecule has 1 aromatic carbocycles. The molecule has 1 heterocycles. The maximum Gasteiger partial charge on any atom is 0.328 e. The first-order valence-corrected chi connectivity index (χ1v) is 8.75. The Morgan fingerprint density at radius 2 is 1.96 bits per heavy atom. The number of amides is 1. The van der Waals surface area contributed by atoms with Crippen LogP contribution in [0.1, 0.15) is 43.0 Å². The van der Waals surface area contributed by atoms with Gasteiger partial charge in [0.1, 0.15) is 5.72 Å². The van der Waals surface area contributed by atoms with Crippen LogP contribution in [0.3, 0.4) is 0 Å². The Kier molecular flexibility index (Phi) is 4.78. The molecule has 3 rings (SSSR count). The molecular weight excluding hydrogens is 353 g/mol. The van der Waals surface area contributed by atoms with Crippen molar-refractivity contribution in [3.63, 3.8) is 0 Å². The summed E-state index contributed by atoms with van der Waals surface area (Å²) >= 11 is 12.1. The van der Waals surface area contributed by atoms with Gasteiger partial charge in [0.25, 0.3) is 5.91 Å². The third-order valence-corrected chi connectivity index (χ3v) is 5.53. The molecule has 1 saturated heterocycles.